The molecule has 0 spiro atoms. The molecule has 0 fully saturated rings. The summed E-state index contributed by atoms with van der Waals surface area (Å²) in [7, 11) is -4.24. The number of halogens is 2. The predicted molar refractivity (Wildman–Crippen MR) is 122 cm³/mol. The number of aliphatic hydroxyl groups is 1. The van der Waals surface area contributed by atoms with Crippen molar-refractivity contribution in [3.05, 3.63) is 66.7 Å². The summed E-state index contributed by atoms with van der Waals surface area (Å²) in [6.07, 6.45) is -1.50. The van der Waals surface area contributed by atoms with Crippen molar-refractivity contribution in [1.29, 1.82) is 0 Å². The maximum Gasteiger partial charge on any atom is 0.387 e. The fourth-order valence-electron chi connectivity index (χ4n) is 3.09. The Hall–Kier alpha value is -3.61. The van der Waals surface area contributed by atoms with Gasteiger partial charge in [0, 0.05) is 0 Å². The lowest BCUT2D eigenvalue weighted by Crippen LogP contribution is -2.48. The number of aliphatic hydroxyl groups excluding tert-OH is 1. The van der Waals surface area contributed by atoms with Gasteiger partial charge in [-0.2, -0.15) is 13.5 Å². The zero-order chi connectivity index (χ0) is 25.6. The Bertz CT molecular complexity index is 1320. The smallest absolute Gasteiger partial charge is 0.387 e. The number of carbonyl (C=O) groups is 2. The summed E-state index contributed by atoms with van der Waals surface area (Å²) in [6.45, 7) is -2.82. The maximum absolute atomic E-state index is 12.8. The zero-order valence-corrected chi connectivity index (χ0v) is 19.2. The van der Waals surface area contributed by atoms with Crippen LogP contribution in [-0.2, 0) is 24.3 Å². The van der Waals surface area contributed by atoms with E-state index in [-0.39, 0.29) is 16.3 Å². The van der Waals surface area contributed by atoms with Gasteiger partial charge in [0.25, 0.3) is 5.91 Å². The van der Waals surface area contributed by atoms with Crippen molar-refractivity contribution in [1.82, 2.24) is 4.72 Å². The molecule has 3 aromatic carbocycles. The molecule has 0 unspecified atom stereocenters. The van der Waals surface area contributed by atoms with Gasteiger partial charge < -0.3 is 19.9 Å². The number of fused-ring (bicyclic) bond motifs is 1. The SMILES string of the molecule is C[C@H](O)[C@@H](NS(=O)(=O)c1ccc2ccccc2c1)C(=O)OCC(=O)Nc1ccccc1OC(F)F. The van der Waals surface area contributed by atoms with Crippen molar-refractivity contribution in [2.75, 3.05) is 11.9 Å². The van der Waals surface area contributed by atoms with Gasteiger partial charge in [-0.3, -0.25) is 9.59 Å². The summed E-state index contributed by atoms with van der Waals surface area (Å²) in [5.41, 5.74) is -0.0852. The van der Waals surface area contributed by atoms with E-state index in [9.17, 15) is 31.9 Å². The summed E-state index contributed by atoms with van der Waals surface area (Å²) >= 11 is 0. The van der Waals surface area contributed by atoms with Crippen molar-refractivity contribution in [2.24, 2.45) is 0 Å². The third kappa shape index (κ3) is 6.94. The normalized spacial score (nSPS) is 13.3. The molecule has 0 radical (unpaired) electrons. The molecule has 3 rings (SSSR count). The minimum atomic E-state index is -4.24. The number of carbonyl (C=O) groups excluding carboxylic acids is 2. The predicted octanol–water partition coefficient (Wildman–Crippen LogP) is 2.65. The lowest BCUT2D eigenvalue weighted by molar-refractivity contribution is -0.151. The van der Waals surface area contributed by atoms with E-state index in [4.69, 9.17) is 4.74 Å². The van der Waals surface area contributed by atoms with Crippen LogP contribution in [0.2, 0.25) is 0 Å². The Morgan fingerprint density at radius 1 is 1.00 bits per heavy atom. The molecule has 0 heterocycles. The van der Waals surface area contributed by atoms with Gasteiger partial charge in [0.15, 0.2) is 6.61 Å². The van der Waals surface area contributed by atoms with Crippen LogP contribution in [0.5, 0.6) is 5.75 Å². The molecular weight excluding hydrogens is 486 g/mol. The van der Waals surface area contributed by atoms with Crippen LogP contribution in [0.3, 0.4) is 0 Å². The van der Waals surface area contributed by atoms with E-state index < -0.39 is 47.3 Å². The number of amides is 1. The molecule has 0 bridgehead atoms. The van der Waals surface area contributed by atoms with Crippen molar-refractivity contribution in [2.45, 2.75) is 30.6 Å². The fraction of sp³-hybridized carbons (Fsp3) is 0.217. The first-order valence-corrected chi connectivity index (χ1v) is 11.7. The molecule has 0 aliphatic heterocycles. The molecule has 35 heavy (non-hydrogen) atoms. The number of hydrogen-bond acceptors (Lipinski definition) is 7. The molecule has 0 saturated carbocycles. The highest BCUT2D eigenvalue weighted by Crippen LogP contribution is 2.25. The van der Waals surface area contributed by atoms with Gasteiger partial charge in [0.05, 0.1) is 16.7 Å². The van der Waals surface area contributed by atoms with Gasteiger partial charge in [-0.15, -0.1) is 0 Å². The molecule has 0 aromatic heterocycles. The van der Waals surface area contributed by atoms with Crippen LogP contribution in [0.15, 0.2) is 71.6 Å². The van der Waals surface area contributed by atoms with Gasteiger partial charge in [-0.25, -0.2) is 8.42 Å². The Morgan fingerprint density at radius 2 is 1.66 bits per heavy atom. The number of para-hydroxylation sites is 2. The second-order valence-corrected chi connectivity index (χ2v) is 9.09. The summed E-state index contributed by atoms with van der Waals surface area (Å²) < 4.78 is 61.9. The quantitative estimate of drug-likeness (QED) is 0.359. The number of anilines is 1. The van der Waals surface area contributed by atoms with Crippen LogP contribution in [0.4, 0.5) is 14.5 Å². The Labute approximate surface area is 199 Å². The van der Waals surface area contributed by atoms with Crippen LogP contribution in [0.1, 0.15) is 6.92 Å². The molecule has 0 aliphatic rings. The number of nitrogens with one attached hydrogen (secondary N) is 2. The first-order valence-electron chi connectivity index (χ1n) is 10.3. The van der Waals surface area contributed by atoms with Gasteiger partial charge in [0.2, 0.25) is 10.0 Å². The van der Waals surface area contributed by atoms with E-state index in [1.807, 2.05) is 0 Å². The van der Waals surface area contributed by atoms with Gasteiger partial charge in [0.1, 0.15) is 11.8 Å². The van der Waals surface area contributed by atoms with E-state index in [1.165, 1.54) is 43.3 Å². The van der Waals surface area contributed by atoms with Gasteiger partial charge in [-0.05, 0) is 42.0 Å². The lowest BCUT2D eigenvalue weighted by atomic mass is 10.1. The molecule has 12 heteroatoms. The maximum atomic E-state index is 12.8. The molecule has 1 amide bonds. The minimum absolute atomic E-state index is 0.0852. The van der Waals surface area contributed by atoms with Crippen molar-refractivity contribution in [3.63, 3.8) is 0 Å². The van der Waals surface area contributed by atoms with Crippen LogP contribution in [-0.4, -0.2) is 50.8 Å². The number of rotatable bonds is 10. The average Bonchev–Trinajstić information content (AvgIpc) is 2.81. The third-order valence-corrected chi connectivity index (χ3v) is 6.21. The van der Waals surface area contributed by atoms with E-state index in [0.29, 0.717) is 5.39 Å². The molecule has 9 nitrogen and oxygen atoms in total. The summed E-state index contributed by atoms with van der Waals surface area (Å²) in [4.78, 5) is 24.5. The molecule has 0 aliphatic carbocycles. The third-order valence-electron chi connectivity index (χ3n) is 4.77. The number of ether oxygens (including phenoxy) is 2. The minimum Gasteiger partial charge on any atom is -0.454 e. The molecule has 186 valence electrons. The van der Waals surface area contributed by atoms with Gasteiger partial charge in [-0.1, -0.05) is 42.5 Å². The number of hydrogen-bond donors (Lipinski definition) is 3. The van der Waals surface area contributed by atoms with Crippen molar-refractivity contribution >= 4 is 38.4 Å². The van der Waals surface area contributed by atoms with Crippen LogP contribution >= 0.6 is 0 Å². The highest BCUT2D eigenvalue weighted by molar-refractivity contribution is 7.89. The van der Waals surface area contributed by atoms with E-state index in [0.717, 1.165) is 5.39 Å². The monoisotopic (exact) mass is 508 g/mol. The molecular formula is C23H22F2N2O7S. The van der Waals surface area contributed by atoms with Crippen molar-refractivity contribution in [3.8, 4) is 5.75 Å². The van der Waals surface area contributed by atoms with Crippen LogP contribution in [0, 0.1) is 0 Å². The Balaban J connectivity index is 1.66. The highest BCUT2D eigenvalue weighted by Gasteiger charge is 2.31. The van der Waals surface area contributed by atoms with Crippen molar-refractivity contribution < 1.29 is 41.4 Å². The molecule has 0 saturated heterocycles. The van der Waals surface area contributed by atoms with E-state index >= 15 is 0 Å². The average molecular weight is 508 g/mol. The number of sulfonamides is 1. The zero-order valence-electron chi connectivity index (χ0n) is 18.4. The topological polar surface area (TPSA) is 131 Å². The Kier molecular flexibility index (Phi) is 8.33. The summed E-state index contributed by atoms with van der Waals surface area (Å²) in [6, 6.07) is 15.1. The highest BCUT2D eigenvalue weighted by atomic mass is 32.2. The molecule has 2 atom stereocenters. The number of alkyl halides is 2. The number of benzene rings is 3. The Morgan fingerprint density at radius 3 is 2.34 bits per heavy atom. The largest absolute Gasteiger partial charge is 0.454 e. The summed E-state index contributed by atoms with van der Waals surface area (Å²) in [5.74, 6) is -2.41. The second kappa shape index (κ2) is 11.2. The summed E-state index contributed by atoms with van der Waals surface area (Å²) in [5, 5.41) is 13.7. The first kappa shape index (κ1) is 26.0. The molecule has 3 N–H and O–H groups in total. The fourth-order valence-corrected chi connectivity index (χ4v) is 4.39. The standard InChI is InChI=1S/C23H22F2N2O7S/c1-14(28)21(27-35(31,32)17-11-10-15-6-2-3-7-16(15)12-17)22(30)33-13-20(29)26-18-8-4-5-9-19(18)34-23(24)25/h2-12,14,21,23,27-28H,13H2,1H3,(H,26,29)/t14-,21+/m0/s1. The molecule has 3 aromatic rings. The van der Waals surface area contributed by atoms with E-state index in [1.54, 1.807) is 30.3 Å². The second-order valence-electron chi connectivity index (χ2n) is 7.38. The van der Waals surface area contributed by atoms with Crippen LogP contribution < -0.4 is 14.8 Å². The lowest BCUT2D eigenvalue weighted by Gasteiger charge is -2.20. The van der Waals surface area contributed by atoms with E-state index in [2.05, 4.69) is 14.8 Å². The number of esters is 1. The van der Waals surface area contributed by atoms with Gasteiger partial charge >= 0.3 is 12.6 Å². The first-order chi connectivity index (χ1) is 16.6. The van der Waals surface area contributed by atoms with Crippen LogP contribution in [0.25, 0.3) is 10.8 Å².